The summed E-state index contributed by atoms with van der Waals surface area (Å²) in [5.74, 6) is 0.856. The molecule has 0 amide bonds. The molecule has 0 aliphatic carbocycles. The normalized spacial score (nSPS) is 13.0. The van der Waals surface area contributed by atoms with Gasteiger partial charge in [0.1, 0.15) is 5.75 Å². The molecule has 1 aromatic carbocycles. The fraction of sp³-hybridized carbons (Fsp3) is 0.200. The van der Waals surface area contributed by atoms with Crippen LogP contribution < -0.4 is 10.2 Å². The average Bonchev–Trinajstić information content (AvgIpc) is 2.83. The molecular weight excluding hydrogens is 302 g/mol. The molecule has 5 nitrogen and oxygen atoms in total. The van der Waals surface area contributed by atoms with E-state index in [4.69, 9.17) is 27.6 Å². The van der Waals surface area contributed by atoms with Gasteiger partial charge in [-0.25, -0.2) is 9.83 Å². The van der Waals surface area contributed by atoms with Crippen LogP contribution in [0.15, 0.2) is 18.2 Å². The number of halogens is 1. The minimum atomic E-state index is -0.885. The van der Waals surface area contributed by atoms with E-state index in [-0.39, 0.29) is 10.9 Å². The van der Waals surface area contributed by atoms with Gasteiger partial charge in [0.25, 0.3) is 0 Å². The molecule has 1 N–H and O–H groups in total. The number of nitrogens with zero attached hydrogens (tertiary/aromatic N) is 2. The van der Waals surface area contributed by atoms with Crippen molar-refractivity contribution in [3.63, 3.8) is 0 Å². The maximum Gasteiger partial charge on any atom is 0.491 e. The predicted octanol–water partition coefficient (Wildman–Crippen LogP) is 2.91. The Bertz CT molecular complexity index is 804. The van der Waals surface area contributed by atoms with Crippen molar-refractivity contribution in [1.29, 1.82) is 0 Å². The summed E-state index contributed by atoms with van der Waals surface area (Å²) in [5, 5.41) is 9.98. The smallest absolute Gasteiger partial charge is 0.437 e. The molecular formula is C15H12BClN2O3. The summed E-state index contributed by atoms with van der Waals surface area (Å²) >= 11 is 6.13. The van der Waals surface area contributed by atoms with E-state index in [1.165, 1.54) is 0 Å². The standard InChI is InChI=1S/C15H12BClN2O3/c1-8-4-11-10(7-21-16(11)20)5-14(8)22-15-12(17)6-13(18-3)9(2)19-15/h4-6,20H,7H2,1-2H3. The van der Waals surface area contributed by atoms with Crippen LogP contribution in [0.5, 0.6) is 11.6 Å². The molecule has 1 aliphatic rings. The molecule has 0 bridgehead atoms. The zero-order valence-corrected chi connectivity index (χ0v) is 12.8. The van der Waals surface area contributed by atoms with E-state index in [0.29, 0.717) is 23.7 Å². The van der Waals surface area contributed by atoms with Crippen LogP contribution in [0, 0.1) is 20.4 Å². The van der Waals surface area contributed by atoms with Gasteiger partial charge in [0.05, 0.1) is 18.2 Å². The molecule has 0 unspecified atom stereocenters. The van der Waals surface area contributed by atoms with Crippen molar-refractivity contribution >= 4 is 29.9 Å². The summed E-state index contributed by atoms with van der Waals surface area (Å²) in [6.45, 7) is 11.0. The van der Waals surface area contributed by atoms with Crippen LogP contribution in [0.2, 0.25) is 5.02 Å². The first kappa shape index (κ1) is 14.9. The van der Waals surface area contributed by atoms with Crippen molar-refractivity contribution < 1.29 is 14.4 Å². The fourth-order valence-corrected chi connectivity index (χ4v) is 2.50. The van der Waals surface area contributed by atoms with Crippen LogP contribution in [0.4, 0.5) is 5.69 Å². The van der Waals surface area contributed by atoms with Gasteiger partial charge in [0, 0.05) is 5.69 Å². The summed E-state index contributed by atoms with van der Waals surface area (Å²) in [6.07, 6.45) is 0. The van der Waals surface area contributed by atoms with Gasteiger partial charge < -0.3 is 14.4 Å². The third-order valence-corrected chi connectivity index (χ3v) is 3.81. The van der Waals surface area contributed by atoms with E-state index in [0.717, 1.165) is 16.6 Å². The van der Waals surface area contributed by atoms with Gasteiger partial charge >= 0.3 is 7.12 Å². The van der Waals surface area contributed by atoms with Crippen LogP contribution in [-0.2, 0) is 11.3 Å². The molecule has 0 saturated heterocycles. The number of aromatic nitrogens is 1. The van der Waals surface area contributed by atoms with Crippen molar-refractivity contribution in [2.45, 2.75) is 20.5 Å². The monoisotopic (exact) mass is 314 g/mol. The molecule has 0 fully saturated rings. The molecule has 0 spiro atoms. The number of rotatable bonds is 2. The minimum Gasteiger partial charge on any atom is -0.437 e. The lowest BCUT2D eigenvalue weighted by atomic mass is 9.79. The van der Waals surface area contributed by atoms with Crippen LogP contribution in [-0.4, -0.2) is 17.1 Å². The summed E-state index contributed by atoms with van der Waals surface area (Å²) < 4.78 is 11.0. The highest BCUT2D eigenvalue weighted by atomic mass is 35.5. The SMILES string of the molecule is [C-]#[N+]c1cc(Cl)c(Oc2cc3c(cc2C)B(O)OC3)nc1C. The Hall–Kier alpha value is -2.07. The Morgan fingerprint density at radius 2 is 2.18 bits per heavy atom. The van der Waals surface area contributed by atoms with Crippen LogP contribution in [0.3, 0.4) is 0 Å². The molecule has 0 radical (unpaired) electrons. The first-order valence-corrected chi connectivity index (χ1v) is 7.03. The molecule has 7 heteroatoms. The van der Waals surface area contributed by atoms with Crippen molar-refractivity contribution in [2.75, 3.05) is 0 Å². The fourth-order valence-electron chi connectivity index (χ4n) is 2.31. The summed E-state index contributed by atoms with van der Waals surface area (Å²) in [6, 6.07) is 5.19. The van der Waals surface area contributed by atoms with Crippen molar-refractivity contribution in [3.8, 4) is 11.6 Å². The largest absolute Gasteiger partial charge is 0.491 e. The second kappa shape index (κ2) is 5.62. The second-order valence-corrected chi connectivity index (χ2v) is 5.48. The van der Waals surface area contributed by atoms with Gasteiger partial charge in [-0.2, -0.15) is 0 Å². The lowest BCUT2D eigenvalue weighted by Crippen LogP contribution is -2.28. The first-order valence-electron chi connectivity index (χ1n) is 6.65. The number of pyridine rings is 1. The highest BCUT2D eigenvalue weighted by Crippen LogP contribution is 2.34. The molecule has 22 heavy (non-hydrogen) atoms. The van der Waals surface area contributed by atoms with Gasteiger partial charge in [-0.15, -0.1) is 0 Å². The Morgan fingerprint density at radius 3 is 2.91 bits per heavy atom. The molecule has 3 rings (SSSR count). The van der Waals surface area contributed by atoms with Crippen LogP contribution >= 0.6 is 11.6 Å². The van der Waals surface area contributed by atoms with Gasteiger partial charge in [-0.3, -0.25) is 0 Å². The van der Waals surface area contributed by atoms with E-state index in [1.54, 1.807) is 13.0 Å². The molecule has 2 aromatic rings. The highest BCUT2D eigenvalue weighted by molar-refractivity contribution is 6.61. The number of aryl methyl sites for hydroxylation is 2. The molecule has 1 aliphatic heterocycles. The quantitative estimate of drug-likeness (QED) is 0.684. The van der Waals surface area contributed by atoms with E-state index in [2.05, 4.69) is 9.83 Å². The topological polar surface area (TPSA) is 55.9 Å². The van der Waals surface area contributed by atoms with Crippen molar-refractivity contribution in [3.05, 3.63) is 51.5 Å². The molecule has 0 saturated carbocycles. The van der Waals surface area contributed by atoms with E-state index < -0.39 is 7.12 Å². The number of benzene rings is 1. The number of hydrogen-bond donors (Lipinski definition) is 1. The van der Waals surface area contributed by atoms with Gasteiger partial charge in [0.2, 0.25) is 11.6 Å². The Balaban J connectivity index is 1.98. The maximum atomic E-state index is 9.70. The van der Waals surface area contributed by atoms with Crippen LogP contribution in [0.1, 0.15) is 16.8 Å². The lowest BCUT2D eigenvalue weighted by Gasteiger charge is -2.12. The van der Waals surface area contributed by atoms with E-state index >= 15 is 0 Å². The Morgan fingerprint density at radius 1 is 1.41 bits per heavy atom. The molecule has 2 heterocycles. The van der Waals surface area contributed by atoms with Gasteiger partial charge in [-0.1, -0.05) is 17.7 Å². The van der Waals surface area contributed by atoms with Gasteiger partial charge in [-0.05, 0) is 42.6 Å². The average molecular weight is 315 g/mol. The number of hydrogen-bond acceptors (Lipinski definition) is 4. The summed E-state index contributed by atoms with van der Waals surface area (Å²) in [5.41, 5.74) is 3.43. The maximum absolute atomic E-state index is 9.70. The minimum absolute atomic E-state index is 0.258. The Kier molecular flexibility index (Phi) is 3.79. The van der Waals surface area contributed by atoms with E-state index in [1.807, 2.05) is 19.1 Å². The zero-order chi connectivity index (χ0) is 15.9. The third kappa shape index (κ3) is 2.55. The van der Waals surface area contributed by atoms with E-state index in [9.17, 15) is 5.02 Å². The van der Waals surface area contributed by atoms with Crippen LogP contribution in [0.25, 0.3) is 4.85 Å². The first-order chi connectivity index (χ1) is 10.5. The lowest BCUT2D eigenvalue weighted by molar-refractivity contribution is 0.275. The second-order valence-electron chi connectivity index (χ2n) is 5.07. The van der Waals surface area contributed by atoms with Crippen molar-refractivity contribution in [1.82, 2.24) is 4.98 Å². The molecule has 110 valence electrons. The third-order valence-electron chi connectivity index (χ3n) is 3.53. The highest BCUT2D eigenvalue weighted by Gasteiger charge is 2.28. The number of ether oxygens (including phenoxy) is 1. The number of fused-ring (bicyclic) bond motifs is 1. The van der Waals surface area contributed by atoms with Crippen molar-refractivity contribution in [2.24, 2.45) is 0 Å². The summed E-state index contributed by atoms with van der Waals surface area (Å²) in [7, 11) is -0.885. The molecule has 0 atom stereocenters. The predicted molar refractivity (Wildman–Crippen MR) is 83.9 cm³/mol. The van der Waals surface area contributed by atoms with Gasteiger partial charge in [0.15, 0.2) is 0 Å². The summed E-state index contributed by atoms with van der Waals surface area (Å²) in [4.78, 5) is 7.60. The molecule has 1 aromatic heterocycles. The Labute approximate surface area is 133 Å². The zero-order valence-electron chi connectivity index (χ0n) is 12.1.